The van der Waals surface area contributed by atoms with E-state index < -0.39 is 0 Å². The molecule has 0 radical (unpaired) electrons. The van der Waals surface area contributed by atoms with E-state index in [4.69, 9.17) is 10.5 Å². The van der Waals surface area contributed by atoms with Crippen LogP contribution in [0.2, 0.25) is 0 Å². The van der Waals surface area contributed by atoms with Crippen LogP contribution in [-0.2, 0) is 6.42 Å². The molecular formula is C17H20BrNO. The highest BCUT2D eigenvalue weighted by Gasteiger charge is 2.08. The van der Waals surface area contributed by atoms with Gasteiger partial charge in [-0.2, -0.15) is 0 Å². The van der Waals surface area contributed by atoms with E-state index in [1.807, 2.05) is 37.3 Å². The van der Waals surface area contributed by atoms with E-state index in [1.54, 1.807) is 0 Å². The maximum atomic E-state index is 6.05. The fourth-order valence-electron chi connectivity index (χ4n) is 2.21. The summed E-state index contributed by atoms with van der Waals surface area (Å²) in [7, 11) is 0. The highest BCUT2D eigenvalue weighted by Crippen LogP contribution is 2.31. The number of benzene rings is 2. The van der Waals surface area contributed by atoms with E-state index in [-0.39, 0.29) is 6.04 Å². The molecule has 0 saturated heterocycles. The predicted octanol–water partition coefficient (Wildman–Crippen LogP) is 4.75. The van der Waals surface area contributed by atoms with E-state index in [0.717, 1.165) is 28.0 Å². The minimum absolute atomic E-state index is 0.119. The van der Waals surface area contributed by atoms with Gasteiger partial charge in [-0.1, -0.05) is 34.1 Å². The van der Waals surface area contributed by atoms with Gasteiger partial charge in [0.1, 0.15) is 11.5 Å². The normalized spacial score (nSPS) is 12.2. The molecule has 0 aromatic heterocycles. The Morgan fingerprint density at radius 1 is 1.15 bits per heavy atom. The van der Waals surface area contributed by atoms with Crippen molar-refractivity contribution in [2.45, 2.75) is 33.2 Å². The van der Waals surface area contributed by atoms with Crippen LogP contribution in [0.5, 0.6) is 11.5 Å². The van der Waals surface area contributed by atoms with Crippen molar-refractivity contribution in [1.29, 1.82) is 0 Å². The number of ether oxygens (including phenoxy) is 1. The van der Waals surface area contributed by atoms with Crippen molar-refractivity contribution in [3.05, 3.63) is 57.6 Å². The van der Waals surface area contributed by atoms with Crippen LogP contribution in [0.25, 0.3) is 0 Å². The minimum Gasteiger partial charge on any atom is -0.457 e. The first-order valence-electron chi connectivity index (χ1n) is 6.75. The van der Waals surface area contributed by atoms with Crippen LogP contribution in [0.3, 0.4) is 0 Å². The molecule has 0 heterocycles. The molecule has 0 bridgehead atoms. The molecule has 2 aromatic rings. The summed E-state index contributed by atoms with van der Waals surface area (Å²) in [5, 5.41) is 0. The summed E-state index contributed by atoms with van der Waals surface area (Å²) in [4.78, 5) is 0. The summed E-state index contributed by atoms with van der Waals surface area (Å²) in [6.45, 7) is 6.14. The molecule has 0 fully saturated rings. The van der Waals surface area contributed by atoms with Crippen LogP contribution >= 0.6 is 15.9 Å². The van der Waals surface area contributed by atoms with Crippen LogP contribution in [0.15, 0.2) is 40.9 Å². The molecule has 0 saturated carbocycles. The van der Waals surface area contributed by atoms with E-state index >= 15 is 0 Å². The number of para-hydroxylation sites is 1. The average Bonchev–Trinajstić information content (AvgIpc) is 2.37. The van der Waals surface area contributed by atoms with Gasteiger partial charge in [0.15, 0.2) is 0 Å². The highest BCUT2D eigenvalue weighted by molar-refractivity contribution is 9.10. The molecule has 2 N–H and O–H groups in total. The Labute approximate surface area is 129 Å². The number of rotatable bonds is 4. The number of aryl methyl sites for hydroxylation is 2. The fourth-order valence-corrected chi connectivity index (χ4v) is 2.44. The Bertz CT molecular complexity index is 585. The first-order valence-corrected chi connectivity index (χ1v) is 7.54. The van der Waals surface area contributed by atoms with Gasteiger partial charge in [-0.15, -0.1) is 0 Å². The van der Waals surface area contributed by atoms with Crippen molar-refractivity contribution in [1.82, 2.24) is 0 Å². The minimum atomic E-state index is 0.119. The highest BCUT2D eigenvalue weighted by atomic mass is 79.9. The maximum Gasteiger partial charge on any atom is 0.130 e. The van der Waals surface area contributed by atoms with Crippen molar-refractivity contribution in [2.24, 2.45) is 5.73 Å². The molecule has 1 unspecified atom stereocenters. The Morgan fingerprint density at radius 3 is 2.35 bits per heavy atom. The van der Waals surface area contributed by atoms with Crippen molar-refractivity contribution < 1.29 is 4.74 Å². The monoisotopic (exact) mass is 333 g/mol. The third kappa shape index (κ3) is 3.62. The van der Waals surface area contributed by atoms with E-state index in [2.05, 4.69) is 35.8 Å². The Balaban J connectivity index is 2.30. The van der Waals surface area contributed by atoms with Gasteiger partial charge >= 0.3 is 0 Å². The first kappa shape index (κ1) is 15.1. The quantitative estimate of drug-likeness (QED) is 0.876. The lowest BCUT2D eigenvalue weighted by Crippen LogP contribution is -2.18. The molecule has 2 aromatic carbocycles. The van der Waals surface area contributed by atoms with Gasteiger partial charge in [0.25, 0.3) is 0 Å². The fraction of sp³-hybridized carbons (Fsp3) is 0.294. The SMILES string of the molecule is Cc1cc(Oc2ccccc2CC(C)N)cc(C)c1Br. The zero-order valence-corrected chi connectivity index (χ0v) is 13.7. The van der Waals surface area contributed by atoms with Gasteiger partial charge < -0.3 is 10.5 Å². The van der Waals surface area contributed by atoms with Crippen LogP contribution in [0.1, 0.15) is 23.6 Å². The summed E-state index contributed by atoms with van der Waals surface area (Å²) >= 11 is 3.57. The van der Waals surface area contributed by atoms with Gasteiger partial charge in [-0.3, -0.25) is 0 Å². The zero-order chi connectivity index (χ0) is 14.7. The van der Waals surface area contributed by atoms with E-state index in [9.17, 15) is 0 Å². The zero-order valence-electron chi connectivity index (χ0n) is 12.1. The second-order valence-electron chi connectivity index (χ2n) is 5.26. The largest absolute Gasteiger partial charge is 0.457 e. The molecule has 106 valence electrons. The molecule has 3 heteroatoms. The first-order chi connectivity index (χ1) is 9.47. The third-order valence-corrected chi connectivity index (χ3v) is 4.40. The van der Waals surface area contributed by atoms with Gasteiger partial charge in [0.05, 0.1) is 0 Å². The van der Waals surface area contributed by atoms with Gasteiger partial charge in [0, 0.05) is 10.5 Å². The second kappa shape index (κ2) is 6.42. The molecule has 20 heavy (non-hydrogen) atoms. The summed E-state index contributed by atoms with van der Waals surface area (Å²) in [5.41, 5.74) is 9.37. The van der Waals surface area contributed by atoms with Crippen molar-refractivity contribution >= 4 is 15.9 Å². The molecule has 0 aliphatic heterocycles. The lowest BCUT2D eigenvalue weighted by atomic mass is 10.1. The van der Waals surface area contributed by atoms with Crippen LogP contribution in [0.4, 0.5) is 0 Å². The van der Waals surface area contributed by atoms with Crippen LogP contribution in [0, 0.1) is 13.8 Å². The van der Waals surface area contributed by atoms with Gasteiger partial charge in [0.2, 0.25) is 0 Å². The molecule has 1 atom stereocenters. The molecule has 2 rings (SSSR count). The maximum absolute atomic E-state index is 6.05. The summed E-state index contributed by atoms with van der Waals surface area (Å²) in [5.74, 6) is 1.74. The lowest BCUT2D eigenvalue weighted by molar-refractivity contribution is 0.473. The van der Waals surface area contributed by atoms with Crippen molar-refractivity contribution in [3.63, 3.8) is 0 Å². The Morgan fingerprint density at radius 2 is 1.75 bits per heavy atom. The number of hydrogen-bond donors (Lipinski definition) is 1. The van der Waals surface area contributed by atoms with E-state index in [1.165, 1.54) is 11.1 Å². The summed E-state index contributed by atoms with van der Waals surface area (Å²) in [6, 6.07) is 12.3. The standard InChI is InChI=1S/C17H20BrNO/c1-11-8-15(9-12(2)17(11)18)20-16-7-5-4-6-14(16)10-13(3)19/h4-9,13H,10,19H2,1-3H3. The molecule has 2 nitrogen and oxygen atoms in total. The van der Waals surface area contributed by atoms with Gasteiger partial charge in [-0.25, -0.2) is 0 Å². The van der Waals surface area contributed by atoms with Crippen LogP contribution in [-0.4, -0.2) is 6.04 Å². The summed E-state index contributed by atoms with van der Waals surface area (Å²) < 4.78 is 7.18. The molecule has 0 aliphatic rings. The van der Waals surface area contributed by atoms with Gasteiger partial charge in [-0.05, 0) is 62.1 Å². The Kier molecular flexibility index (Phi) is 4.84. The smallest absolute Gasteiger partial charge is 0.130 e. The van der Waals surface area contributed by atoms with Crippen molar-refractivity contribution in [2.75, 3.05) is 0 Å². The molecule has 0 aliphatic carbocycles. The molecular weight excluding hydrogens is 314 g/mol. The number of hydrogen-bond acceptors (Lipinski definition) is 2. The topological polar surface area (TPSA) is 35.2 Å². The third-order valence-electron chi connectivity index (χ3n) is 3.15. The average molecular weight is 334 g/mol. The predicted molar refractivity (Wildman–Crippen MR) is 87.5 cm³/mol. The number of halogens is 1. The number of nitrogens with two attached hydrogens (primary N) is 1. The molecule has 0 amide bonds. The Hall–Kier alpha value is -1.32. The molecule has 0 spiro atoms. The summed E-state index contributed by atoms with van der Waals surface area (Å²) in [6.07, 6.45) is 0.810. The second-order valence-corrected chi connectivity index (χ2v) is 6.06. The van der Waals surface area contributed by atoms with E-state index in [0.29, 0.717) is 0 Å². The van der Waals surface area contributed by atoms with Crippen molar-refractivity contribution in [3.8, 4) is 11.5 Å². The lowest BCUT2D eigenvalue weighted by Gasteiger charge is -2.14. The van der Waals surface area contributed by atoms with Crippen LogP contribution < -0.4 is 10.5 Å².